The molecule has 2 rings (SSSR count). The zero-order valence-electron chi connectivity index (χ0n) is 9.05. The highest BCUT2D eigenvalue weighted by Gasteiger charge is 2.28. The molecule has 82 valence electrons. The van der Waals surface area contributed by atoms with E-state index in [-0.39, 0.29) is 0 Å². The molecule has 0 aromatic rings. The Morgan fingerprint density at radius 2 is 2.27 bits per heavy atom. The van der Waals surface area contributed by atoms with Crippen molar-refractivity contribution in [2.75, 3.05) is 0 Å². The van der Waals surface area contributed by atoms with Crippen LogP contribution in [0.25, 0.3) is 0 Å². The summed E-state index contributed by atoms with van der Waals surface area (Å²) in [6, 6.07) is -0.589. The molecule has 2 amide bonds. The summed E-state index contributed by atoms with van der Waals surface area (Å²) in [5.74, 6) is 0.775. The lowest BCUT2D eigenvalue weighted by molar-refractivity contribution is 0.249. The number of hydrogen-bond acceptors (Lipinski definition) is 2. The third-order valence-corrected chi connectivity index (χ3v) is 3.44. The molecule has 4 nitrogen and oxygen atoms in total. The van der Waals surface area contributed by atoms with Crippen molar-refractivity contribution >= 4 is 11.7 Å². The predicted molar refractivity (Wildman–Crippen MR) is 59.4 cm³/mol. The van der Waals surface area contributed by atoms with Gasteiger partial charge in [-0.3, -0.25) is 0 Å². The topological polar surface area (TPSA) is 67.5 Å². The van der Waals surface area contributed by atoms with Crippen LogP contribution >= 0.6 is 0 Å². The molecule has 0 heterocycles. The van der Waals surface area contributed by atoms with Crippen LogP contribution in [0.4, 0.5) is 4.79 Å². The average molecular weight is 207 g/mol. The number of primary amides is 1. The summed E-state index contributed by atoms with van der Waals surface area (Å²) in [6.07, 6.45) is 5.95. The molecule has 3 N–H and O–H groups in total. The molecule has 0 bridgehead atoms. The molecular formula is C11H17N3O. The Kier molecular flexibility index (Phi) is 2.75. The fourth-order valence-electron chi connectivity index (χ4n) is 2.68. The van der Waals surface area contributed by atoms with Gasteiger partial charge in [0.1, 0.15) is 0 Å². The number of allylic oxidation sites excluding steroid dienone is 2. The van der Waals surface area contributed by atoms with E-state index in [2.05, 4.69) is 17.5 Å². The van der Waals surface area contributed by atoms with E-state index in [1.54, 1.807) is 5.57 Å². The second-order valence-electron chi connectivity index (χ2n) is 4.31. The standard InChI is InChI=1S/C11H17N3O/c1-7-9-4-2-3-8(9)5-6-10(7)13-14-11(12)15/h8H,2-6H2,1H3,(H3,12,14,15)/b13-10-/t8-/m1/s1. The Balaban J connectivity index is 2.18. The largest absolute Gasteiger partial charge is 0.350 e. The van der Waals surface area contributed by atoms with Crippen molar-refractivity contribution in [3.63, 3.8) is 0 Å². The van der Waals surface area contributed by atoms with Crippen LogP contribution in [0.1, 0.15) is 39.0 Å². The van der Waals surface area contributed by atoms with E-state index in [4.69, 9.17) is 5.73 Å². The molecule has 1 atom stereocenters. The third-order valence-electron chi connectivity index (χ3n) is 3.44. The molecule has 1 saturated carbocycles. The maximum Gasteiger partial charge on any atom is 0.332 e. The minimum atomic E-state index is -0.589. The summed E-state index contributed by atoms with van der Waals surface area (Å²) in [5.41, 5.74) is 11.1. The van der Waals surface area contributed by atoms with Crippen molar-refractivity contribution in [2.24, 2.45) is 16.8 Å². The van der Waals surface area contributed by atoms with Crippen LogP contribution in [0.15, 0.2) is 16.2 Å². The fraction of sp³-hybridized carbons (Fsp3) is 0.636. The number of carbonyl (C=O) groups excluding carboxylic acids is 1. The Morgan fingerprint density at radius 3 is 3.00 bits per heavy atom. The van der Waals surface area contributed by atoms with Crippen molar-refractivity contribution in [1.82, 2.24) is 5.43 Å². The molecule has 0 spiro atoms. The molecular weight excluding hydrogens is 190 g/mol. The van der Waals surface area contributed by atoms with Gasteiger partial charge in [0, 0.05) is 0 Å². The van der Waals surface area contributed by atoms with E-state index >= 15 is 0 Å². The minimum absolute atomic E-state index is 0.589. The Hall–Kier alpha value is -1.32. The average Bonchev–Trinajstić information content (AvgIpc) is 2.65. The van der Waals surface area contributed by atoms with Crippen LogP contribution < -0.4 is 11.2 Å². The first-order valence-corrected chi connectivity index (χ1v) is 5.50. The number of fused-ring (bicyclic) bond motifs is 1. The first kappa shape index (κ1) is 10.2. The number of hydrogen-bond donors (Lipinski definition) is 2. The highest BCUT2D eigenvalue weighted by molar-refractivity contribution is 6.01. The van der Waals surface area contributed by atoms with Gasteiger partial charge in [0.2, 0.25) is 0 Å². The Bertz CT molecular complexity index is 344. The number of amides is 2. The van der Waals surface area contributed by atoms with Crippen molar-refractivity contribution in [3.8, 4) is 0 Å². The minimum Gasteiger partial charge on any atom is -0.350 e. The Morgan fingerprint density at radius 1 is 1.47 bits per heavy atom. The molecule has 2 aliphatic rings. The second kappa shape index (κ2) is 4.04. The van der Waals surface area contributed by atoms with E-state index in [1.165, 1.54) is 31.3 Å². The van der Waals surface area contributed by atoms with Crippen molar-refractivity contribution in [1.29, 1.82) is 0 Å². The smallest absolute Gasteiger partial charge is 0.332 e. The van der Waals surface area contributed by atoms with Crippen LogP contribution in [0.5, 0.6) is 0 Å². The Labute approximate surface area is 89.6 Å². The van der Waals surface area contributed by atoms with Gasteiger partial charge in [-0.2, -0.15) is 5.10 Å². The molecule has 0 aromatic heterocycles. The number of nitrogens with one attached hydrogen (secondary N) is 1. The normalized spacial score (nSPS) is 28.1. The van der Waals surface area contributed by atoms with Gasteiger partial charge >= 0.3 is 6.03 Å². The third kappa shape index (κ3) is 2.03. The maximum atomic E-state index is 10.6. The molecule has 4 heteroatoms. The molecule has 0 aliphatic heterocycles. The quantitative estimate of drug-likeness (QED) is 0.634. The van der Waals surface area contributed by atoms with Crippen LogP contribution in [0.3, 0.4) is 0 Å². The van der Waals surface area contributed by atoms with E-state index in [1.807, 2.05) is 0 Å². The second-order valence-corrected chi connectivity index (χ2v) is 4.31. The van der Waals surface area contributed by atoms with E-state index in [9.17, 15) is 4.79 Å². The fourth-order valence-corrected chi connectivity index (χ4v) is 2.68. The van der Waals surface area contributed by atoms with Gasteiger partial charge in [-0.15, -0.1) is 0 Å². The number of nitrogens with zero attached hydrogens (tertiary/aromatic N) is 1. The predicted octanol–water partition coefficient (Wildman–Crippen LogP) is 1.92. The van der Waals surface area contributed by atoms with Crippen LogP contribution in [0, 0.1) is 5.92 Å². The summed E-state index contributed by atoms with van der Waals surface area (Å²) >= 11 is 0. The van der Waals surface area contributed by atoms with E-state index in [0.717, 1.165) is 18.1 Å². The van der Waals surface area contributed by atoms with Crippen molar-refractivity contribution in [3.05, 3.63) is 11.1 Å². The van der Waals surface area contributed by atoms with Gasteiger partial charge in [0.05, 0.1) is 5.71 Å². The molecule has 1 fully saturated rings. The van der Waals surface area contributed by atoms with Gasteiger partial charge in [-0.1, -0.05) is 5.57 Å². The highest BCUT2D eigenvalue weighted by atomic mass is 16.2. The van der Waals surface area contributed by atoms with Crippen molar-refractivity contribution < 1.29 is 4.79 Å². The molecule has 0 radical (unpaired) electrons. The lowest BCUT2D eigenvalue weighted by atomic mass is 9.84. The van der Waals surface area contributed by atoms with Crippen LogP contribution in [-0.2, 0) is 0 Å². The summed E-state index contributed by atoms with van der Waals surface area (Å²) < 4.78 is 0. The van der Waals surface area contributed by atoms with Gasteiger partial charge in [0.15, 0.2) is 0 Å². The summed E-state index contributed by atoms with van der Waals surface area (Å²) in [6.45, 7) is 2.11. The first-order chi connectivity index (χ1) is 7.18. The SMILES string of the molecule is CC1=C2CCC[C@@H]2CC/C1=N/NC(N)=O. The summed E-state index contributed by atoms with van der Waals surface area (Å²) in [4.78, 5) is 10.6. The number of nitrogens with two attached hydrogens (primary N) is 1. The van der Waals surface area contributed by atoms with Gasteiger partial charge < -0.3 is 5.73 Å². The van der Waals surface area contributed by atoms with Gasteiger partial charge in [-0.25, -0.2) is 10.2 Å². The first-order valence-electron chi connectivity index (χ1n) is 5.50. The monoisotopic (exact) mass is 207 g/mol. The maximum absolute atomic E-state index is 10.6. The molecule has 15 heavy (non-hydrogen) atoms. The number of urea groups is 1. The molecule has 0 aromatic carbocycles. The zero-order chi connectivity index (χ0) is 10.8. The number of rotatable bonds is 1. The van der Waals surface area contributed by atoms with Gasteiger partial charge in [0.25, 0.3) is 0 Å². The summed E-state index contributed by atoms with van der Waals surface area (Å²) in [5, 5.41) is 4.06. The lowest BCUT2D eigenvalue weighted by Crippen LogP contribution is -2.27. The molecule has 2 aliphatic carbocycles. The van der Waals surface area contributed by atoms with E-state index in [0.29, 0.717) is 0 Å². The number of hydrazone groups is 1. The highest BCUT2D eigenvalue weighted by Crippen LogP contribution is 2.40. The summed E-state index contributed by atoms with van der Waals surface area (Å²) in [7, 11) is 0. The molecule has 0 saturated heterocycles. The lowest BCUT2D eigenvalue weighted by Gasteiger charge is -2.22. The van der Waals surface area contributed by atoms with Crippen LogP contribution in [0.2, 0.25) is 0 Å². The van der Waals surface area contributed by atoms with Gasteiger partial charge in [-0.05, 0) is 50.5 Å². The number of carbonyl (C=O) groups is 1. The van der Waals surface area contributed by atoms with Crippen molar-refractivity contribution in [2.45, 2.75) is 39.0 Å². The van der Waals surface area contributed by atoms with E-state index < -0.39 is 6.03 Å². The van der Waals surface area contributed by atoms with Crippen LogP contribution in [-0.4, -0.2) is 11.7 Å². The zero-order valence-corrected chi connectivity index (χ0v) is 9.05. The molecule has 0 unspecified atom stereocenters.